The average molecular weight is 568 g/mol. The molecule has 220 valence electrons. The third-order valence-electron chi connectivity index (χ3n) is 8.24. The van der Waals surface area contributed by atoms with E-state index < -0.39 is 5.97 Å². The van der Waals surface area contributed by atoms with E-state index in [9.17, 15) is 4.79 Å². The zero-order chi connectivity index (χ0) is 29.5. The summed E-state index contributed by atoms with van der Waals surface area (Å²) >= 11 is 0. The minimum Gasteiger partial charge on any atom is -0.497 e. The molecule has 5 rings (SSSR count). The number of carboxylic acids is 1. The molecule has 3 atom stereocenters. The summed E-state index contributed by atoms with van der Waals surface area (Å²) < 4.78 is 7.48. The number of methoxy groups -OCH3 is 1. The first-order chi connectivity index (χ1) is 20.4. The molecule has 0 amide bonds. The van der Waals surface area contributed by atoms with Crippen LogP contribution in [0.15, 0.2) is 85.2 Å². The van der Waals surface area contributed by atoms with Gasteiger partial charge in [-0.15, -0.1) is 0 Å². The van der Waals surface area contributed by atoms with Crippen LogP contribution < -0.4 is 4.74 Å². The van der Waals surface area contributed by atoms with Crippen LogP contribution >= 0.6 is 0 Å². The lowest BCUT2D eigenvalue weighted by molar-refractivity contribution is -0.137. The molecule has 1 fully saturated rings. The van der Waals surface area contributed by atoms with Crippen molar-refractivity contribution in [2.24, 2.45) is 0 Å². The maximum atomic E-state index is 10.9. The van der Waals surface area contributed by atoms with Crippen LogP contribution in [-0.2, 0) is 17.9 Å². The fourth-order valence-electron chi connectivity index (χ4n) is 6.01. The second kappa shape index (κ2) is 13.8. The van der Waals surface area contributed by atoms with Crippen molar-refractivity contribution >= 4 is 5.97 Å². The highest BCUT2D eigenvalue weighted by molar-refractivity contribution is 5.66. The van der Waals surface area contributed by atoms with Crippen LogP contribution in [0.3, 0.4) is 0 Å². The molecule has 1 aliphatic heterocycles. The minimum absolute atomic E-state index is 0.0689. The van der Waals surface area contributed by atoms with E-state index in [1.54, 1.807) is 13.4 Å². The zero-order valence-electron chi connectivity index (χ0n) is 24.8. The van der Waals surface area contributed by atoms with Crippen LogP contribution in [0.4, 0.5) is 0 Å². The highest BCUT2D eigenvalue weighted by Crippen LogP contribution is 2.36. The van der Waals surface area contributed by atoms with Crippen molar-refractivity contribution in [1.29, 1.82) is 0 Å². The molecule has 0 spiro atoms. The maximum absolute atomic E-state index is 10.9. The second-order valence-electron chi connectivity index (χ2n) is 11.3. The Labute approximate surface area is 248 Å². The summed E-state index contributed by atoms with van der Waals surface area (Å²) in [6.07, 6.45) is 3.09. The molecule has 4 aromatic rings. The molecular weight excluding hydrogens is 526 g/mol. The molecule has 0 saturated carbocycles. The number of carbonyl (C=O) groups is 1. The molecule has 0 radical (unpaired) electrons. The molecule has 8 nitrogen and oxygen atoms in total. The summed E-state index contributed by atoms with van der Waals surface area (Å²) in [4.78, 5) is 20.6. The van der Waals surface area contributed by atoms with Gasteiger partial charge in [0.15, 0.2) is 5.82 Å². The van der Waals surface area contributed by atoms with E-state index in [0.717, 1.165) is 43.2 Å². The van der Waals surface area contributed by atoms with Crippen LogP contribution in [-0.4, -0.2) is 67.9 Å². The predicted molar refractivity (Wildman–Crippen MR) is 164 cm³/mol. The van der Waals surface area contributed by atoms with Crippen molar-refractivity contribution in [1.82, 2.24) is 24.6 Å². The predicted octanol–water partition coefficient (Wildman–Crippen LogP) is 5.89. The van der Waals surface area contributed by atoms with E-state index >= 15 is 0 Å². The Kier molecular flexibility index (Phi) is 9.66. The van der Waals surface area contributed by atoms with Crippen LogP contribution in [0, 0.1) is 0 Å². The molecule has 3 aromatic carbocycles. The summed E-state index contributed by atoms with van der Waals surface area (Å²) in [7, 11) is 1.72. The number of benzene rings is 3. The Bertz CT molecular complexity index is 1440. The van der Waals surface area contributed by atoms with Gasteiger partial charge in [0, 0.05) is 50.2 Å². The molecule has 2 heterocycles. The summed E-state index contributed by atoms with van der Waals surface area (Å²) in [5, 5.41) is 13.3. The fraction of sp³-hybridized carbons (Fsp3) is 0.382. The number of piperazine rings is 1. The minimum atomic E-state index is -0.767. The summed E-state index contributed by atoms with van der Waals surface area (Å²) in [5.41, 5.74) is 4.77. The van der Waals surface area contributed by atoms with Crippen LogP contribution in [0.2, 0.25) is 0 Å². The Balaban J connectivity index is 1.39. The smallest absolute Gasteiger partial charge is 0.303 e. The van der Waals surface area contributed by atoms with Crippen molar-refractivity contribution in [2.45, 2.75) is 64.3 Å². The number of aromatic nitrogens is 3. The van der Waals surface area contributed by atoms with Crippen LogP contribution in [0.25, 0.3) is 11.4 Å². The Hall–Kier alpha value is -4.01. The number of aryl methyl sites for hydroxylation is 1. The van der Waals surface area contributed by atoms with E-state index in [-0.39, 0.29) is 12.5 Å². The van der Waals surface area contributed by atoms with E-state index in [1.165, 1.54) is 16.7 Å². The molecular formula is C34H41N5O3. The number of rotatable bonds is 12. The standard InChI is InChI=1S/C34H41N5O3/c1-25-22-38(26(2)21-37(25)23-27-10-5-4-6-11-27)33(30-12-9-13-31(20-30)42-3)28-15-17-29(18-16-28)34-35-24-36-39(34)19-8-7-14-32(40)41/h4-6,9-13,15-18,20,24-26,33H,7-8,14,19,21-23H2,1-3H3,(H,40,41)/t25-,26+,33-/m1/s1. The number of hydrogen-bond acceptors (Lipinski definition) is 6. The summed E-state index contributed by atoms with van der Waals surface area (Å²) in [6, 6.07) is 28.6. The molecule has 0 bridgehead atoms. The molecule has 1 N–H and O–H groups in total. The molecule has 8 heteroatoms. The number of hydrogen-bond donors (Lipinski definition) is 1. The molecule has 1 aromatic heterocycles. The van der Waals surface area contributed by atoms with Gasteiger partial charge in [-0.1, -0.05) is 66.7 Å². The van der Waals surface area contributed by atoms with Crippen molar-refractivity contribution in [3.8, 4) is 17.1 Å². The SMILES string of the molecule is COc1cccc([C@@H](c2ccc(-c3ncnn3CCCCC(=O)O)cc2)N2C[C@@H](C)N(Cc3ccccc3)C[C@@H]2C)c1. The highest BCUT2D eigenvalue weighted by atomic mass is 16.5. The lowest BCUT2D eigenvalue weighted by Crippen LogP contribution is -2.56. The third-order valence-corrected chi connectivity index (χ3v) is 8.24. The van der Waals surface area contributed by atoms with E-state index in [4.69, 9.17) is 9.84 Å². The first-order valence-electron chi connectivity index (χ1n) is 14.8. The van der Waals surface area contributed by atoms with Crippen molar-refractivity contribution in [3.05, 3.63) is 102 Å². The van der Waals surface area contributed by atoms with Gasteiger partial charge in [0.25, 0.3) is 0 Å². The maximum Gasteiger partial charge on any atom is 0.303 e. The Morgan fingerprint density at radius 2 is 1.74 bits per heavy atom. The second-order valence-corrected chi connectivity index (χ2v) is 11.3. The van der Waals surface area contributed by atoms with Gasteiger partial charge in [-0.25, -0.2) is 9.67 Å². The number of unbranched alkanes of at least 4 members (excludes halogenated alkanes) is 1. The van der Waals surface area contributed by atoms with Crippen LogP contribution in [0.1, 0.15) is 55.8 Å². The summed E-state index contributed by atoms with van der Waals surface area (Å²) in [5.74, 6) is 0.885. The first-order valence-corrected chi connectivity index (χ1v) is 14.8. The zero-order valence-corrected chi connectivity index (χ0v) is 24.8. The lowest BCUT2D eigenvalue weighted by atomic mass is 9.92. The van der Waals surface area contributed by atoms with Crippen molar-refractivity contribution in [3.63, 3.8) is 0 Å². The molecule has 1 saturated heterocycles. The van der Waals surface area contributed by atoms with Crippen LogP contribution in [0.5, 0.6) is 5.75 Å². The number of carboxylic acid groups (broad SMARTS) is 1. The Morgan fingerprint density at radius 3 is 2.48 bits per heavy atom. The summed E-state index contributed by atoms with van der Waals surface area (Å²) in [6.45, 7) is 8.19. The van der Waals surface area contributed by atoms with Crippen molar-refractivity contribution < 1.29 is 14.6 Å². The van der Waals surface area contributed by atoms with Gasteiger partial charge < -0.3 is 9.84 Å². The van der Waals surface area contributed by atoms with Crippen molar-refractivity contribution in [2.75, 3.05) is 20.2 Å². The first kappa shape index (κ1) is 29.5. The normalized spacial score (nSPS) is 18.5. The third kappa shape index (κ3) is 7.06. The van der Waals surface area contributed by atoms with E-state index in [2.05, 4.69) is 107 Å². The van der Waals surface area contributed by atoms with Gasteiger partial charge in [0.2, 0.25) is 0 Å². The van der Waals surface area contributed by atoms with Gasteiger partial charge >= 0.3 is 5.97 Å². The largest absolute Gasteiger partial charge is 0.497 e. The number of ether oxygens (including phenoxy) is 1. The van der Waals surface area contributed by atoms with Gasteiger partial charge in [-0.3, -0.25) is 14.6 Å². The van der Waals surface area contributed by atoms with E-state index in [1.807, 2.05) is 10.7 Å². The van der Waals surface area contributed by atoms with Gasteiger partial charge in [-0.05, 0) is 55.5 Å². The number of aliphatic carboxylic acids is 1. The fourth-order valence-corrected chi connectivity index (χ4v) is 6.01. The highest BCUT2D eigenvalue weighted by Gasteiger charge is 2.35. The lowest BCUT2D eigenvalue weighted by Gasteiger charge is -2.47. The van der Waals surface area contributed by atoms with Gasteiger partial charge in [0.1, 0.15) is 12.1 Å². The molecule has 1 aliphatic rings. The molecule has 0 unspecified atom stereocenters. The Morgan fingerprint density at radius 1 is 0.952 bits per heavy atom. The van der Waals surface area contributed by atoms with Gasteiger partial charge in [-0.2, -0.15) is 5.10 Å². The topological polar surface area (TPSA) is 83.7 Å². The number of nitrogens with zero attached hydrogens (tertiary/aromatic N) is 5. The monoisotopic (exact) mass is 567 g/mol. The molecule has 0 aliphatic carbocycles. The van der Waals surface area contributed by atoms with Gasteiger partial charge in [0.05, 0.1) is 13.2 Å². The quantitative estimate of drug-likeness (QED) is 0.214. The average Bonchev–Trinajstić information content (AvgIpc) is 3.47. The van der Waals surface area contributed by atoms with E-state index in [0.29, 0.717) is 25.0 Å². The molecule has 42 heavy (non-hydrogen) atoms.